The van der Waals surface area contributed by atoms with Gasteiger partial charge >= 0.3 is 0 Å². The first-order valence-corrected chi connectivity index (χ1v) is 7.97. The van der Waals surface area contributed by atoms with Crippen molar-refractivity contribution < 1.29 is 14.2 Å². The van der Waals surface area contributed by atoms with Crippen LogP contribution in [-0.2, 0) is 14.2 Å². The number of nitrogens with zero attached hydrogens (tertiary/aromatic N) is 1. The average Bonchev–Trinajstić information content (AvgIpc) is 2.94. The standard InChI is InChI=1S/C15H28N2O3/c1-18-14-2-5-17(13(8-14)10-16)12-3-6-20-15(9-12)4-7-19-11-15/h12-14H,2-11,16H2,1H3. The largest absolute Gasteiger partial charge is 0.381 e. The molecule has 1 spiro atoms. The zero-order valence-electron chi connectivity index (χ0n) is 12.6. The molecule has 3 aliphatic rings. The van der Waals surface area contributed by atoms with Crippen LogP contribution in [0.15, 0.2) is 0 Å². The number of hydrogen-bond acceptors (Lipinski definition) is 5. The lowest BCUT2D eigenvalue weighted by molar-refractivity contribution is -0.118. The van der Waals surface area contributed by atoms with Crippen LogP contribution >= 0.6 is 0 Å². The van der Waals surface area contributed by atoms with Crippen LogP contribution in [0.1, 0.15) is 32.1 Å². The van der Waals surface area contributed by atoms with Crippen molar-refractivity contribution in [1.29, 1.82) is 0 Å². The van der Waals surface area contributed by atoms with E-state index in [2.05, 4.69) is 4.90 Å². The van der Waals surface area contributed by atoms with Gasteiger partial charge in [-0.3, -0.25) is 4.90 Å². The second kappa shape index (κ2) is 6.28. The van der Waals surface area contributed by atoms with Gasteiger partial charge in [0.15, 0.2) is 0 Å². The van der Waals surface area contributed by atoms with Gasteiger partial charge in [0.05, 0.1) is 18.3 Å². The summed E-state index contributed by atoms with van der Waals surface area (Å²) in [5.74, 6) is 0. The van der Waals surface area contributed by atoms with Crippen molar-refractivity contribution in [2.24, 2.45) is 5.73 Å². The van der Waals surface area contributed by atoms with Gasteiger partial charge in [-0.15, -0.1) is 0 Å². The minimum atomic E-state index is -0.0137. The first-order valence-electron chi connectivity index (χ1n) is 7.97. The van der Waals surface area contributed by atoms with E-state index in [1.165, 1.54) is 0 Å². The number of likely N-dealkylation sites (tertiary alicyclic amines) is 1. The maximum Gasteiger partial charge on any atom is 0.0951 e. The lowest BCUT2D eigenvalue weighted by Gasteiger charge is -2.48. The van der Waals surface area contributed by atoms with Gasteiger partial charge < -0.3 is 19.9 Å². The van der Waals surface area contributed by atoms with E-state index < -0.39 is 0 Å². The number of methoxy groups -OCH3 is 1. The molecular weight excluding hydrogens is 256 g/mol. The zero-order valence-corrected chi connectivity index (χ0v) is 12.6. The Morgan fingerprint density at radius 1 is 1.35 bits per heavy atom. The van der Waals surface area contributed by atoms with E-state index >= 15 is 0 Å². The van der Waals surface area contributed by atoms with Gasteiger partial charge in [-0.05, 0) is 25.7 Å². The third-order valence-electron chi connectivity index (χ3n) is 5.32. The molecule has 3 aliphatic heterocycles. The van der Waals surface area contributed by atoms with Gasteiger partial charge in [0.25, 0.3) is 0 Å². The van der Waals surface area contributed by atoms with Crippen LogP contribution in [0.5, 0.6) is 0 Å². The first-order chi connectivity index (χ1) is 9.76. The minimum absolute atomic E-state index is 0.0137. The van der Waals surface area contributed by atoms with Gasteiger partial charge in [0.2, 0.25) is 0 Å². The lowest BCUT2D eigenvalue weighted by Crippen LogP contribution is -2.57. The van der Waals surface area contributed by atoms with Gasteiger partial charge in [0.1, 0.15) is 0 Å². The second-order valence-corrected chi connectivity index (χ2v) is 6.49. The molecule has 5 nitrogen and oxygen atoms in total. The number of nitrogens with two attached hydrogens (primary N) is 1. The van der Waals surface area contributed by atoms with Crippen molar-refractivity contribution in [3.63, 3.8) is 0 Å². The molecule has 4 atom stereocenters. The molecule has 0 aliphatic carbocycles. The Kier molecular flexibility index (Phi) is 4.62. The molecule has 116 valence electrons. The maximum atomic E-state index is 6.05. The lowest BCUT2D eigenvalue weighted by atomic mass is 9.86. The predicted octanol–water partition coefficient (Wildman–Crippen LogP) is 0.763. The number of piperidine rings is 1. The Hall–Kier alpha value is -0.200. The van der Waals surface area contributed by atoms with E-state index in [4.69, 9.17) is 19.9 Å². The molecule has 0 radical (unpaired) electrons. The minimum Gasteiger partial charge on any atom is -0.381 e. The Morgan fingerprint density at radius 2 is 2.25 bits per heavy atom. The van der Waals surface area contributed by atoms with Crippen LogP contribution in [0.3, 0.4) is 0 Å². The van der Waals surface area contributed by atoms with Crippen molar-refractivity contribution >= 4 is 0 Å². The Balaban J connectivity index is 1.65. The third-order valence-corrected chi connectivity index (χ3v) is 5.32. The molecule has 3 rings (SSSR count). The van der Waals surface area contributed by atoms with Crippen LogP contribution in [-0.4, -0.2) is 68.7 Å². The molecule has 5 heteroatoms. The summed E-state index contributed by atoms with van der Waals surface area (Å²) >= 11 is 0. The highest BCUT2D eigenvalue weighted by Gasteiger charge is 2.44. The molecule has 0 amide bonds. The Morgan fingerprint density at radius 3 is 2.95 bits per heavy atom. The molecular formula is C15H28N2O3. The summed E-state index contributed by atoms with van der Waals surface area (Å²) in [4.78, 5) is 2.62. The van der Waals surface area contributed by atoms with Crippen molar-refractivity contribution in [3.05, 3.63) is 0 Å². The molecule has 3 heterocycles. The van der Waals surface area contributed by atoms with Gasteiger partial charge in [-0.2, -0.15) is 0 Å². The quantitative estimate of drug-likeness (QED) is 0.829. The molecule has 0 aromatic heterocycles. The molecule has 4 unspecified atom stereocenters. The van der Waals surface area contributed by atoms with E-state index in [1.807, 2.05) is 7.11 Å². The van der Waals surface area contributed by atoms with Crippen molar-refractivity contribution in [2.45, 2.75) is 55.9 Å². The molecule has 3 saturated heterocycles. The molecule has 0 saturated carbocycles. The maximum absolute atomic E-state index is 6.05. The Labute approximate surface area is 121 Å². The molecule has 0 aromatic carbocycles. The number of rotatable bonds is 3. The zero-order chi connectivity index (χ0) is 14.0. The Bertz CT molecular complexity index is 320. The first kappa shape index (κ1) is 14.7. The molecule has 2 N–H and O–H groups in total. The van der Waals surface area contributed by atoms with E-state index in [9.17, 15) is 0 Å². The van der Waals surface area contributed by atoms with Crippen LogP contribution in [0.4, 0.5) is 0 Å². The van der Waals surface area contributed by atoms with Gasteiger partial charge in [-0.1, -0.05) is 0 Å². The number of hydrogen-bond donors (Lipinski definition) is 1. The van der Waals surface area contributed by atoms with E-state index in [1.54, 1.807) is 0 Å². The molecule has 20 heavy (non-hydrogen) atoms. The highest BCUT2D eigenvalue weighted by Crippen LogP contribution is 2.36. The predicted molar refractivity (Wildman–Crippen MR) is 76.7 cm³/mol. The summed E-state index contributed by atoms with van der Waals surface area (Å²) in [6, 6.07) is 1.05. The van der Waals surface area contributed by atoms with E-state index in [0.29, 0.717) is 18.2 Å². The summed E-state index contributed by atoms with van der Waals surface area (Å²) in [7, 11) is 1.81. The highest BCUT2D eigenvalue weighted by atomic mass is 16.6. The van der Waals surface area contributed by atoms with Gasteiger partial charge in [-0.25, -0.2) is 0 Å². The smallest absolute Gasteiger partial charge is 0.0951 e. The summed E-state index contributed by atoms with van der Waals surface area (Å²) in [5, 5.41) is 0. The summed E-state index contributed by atoms with van der Waals surface area (Å²) in [5.41, 5.74) is 6.00. The fraction of sp³-hybridized carbons (Fsp3) is 1.00. The van der Waals surface area contributed by atoms with Gasteiger partial charge in [0, 0.05) is 51.9 Å². The fourth-order valence-electron chi connectivity index (χ4n) is 4.11. The average molecular weight is 284 g/mol. The van der Waals surface area contributed by atoms with Crippen molar-refractivity contribution in [1.82, 2.24) is 4.90 Å². The number of ether oxygens (including phenoxy) is 3. The SMILES string of the molecule is COC1CCN(C2CCOC3(CCOC3)C2)C(CN)C1. The van der Waals surface area contributed by atoms with Crippen LogP contribution in [0.25, 0.3) is 0 Å². The fourth-order valence-corrected chi connectivity index (χ4v) is 4.11. The summed E-state index contributed by atoms with van der Waals surface area (Å²) in [6.07, 6.45) is 5.83. The normalized spacial score (nSPS) is 43.2. The summed E-state index contributed by atoms with van der Waals surface area (Å²) in [6.45, 7) is 4.29. The molecule has 0 bridgehead atoms. The van der Waals surface area contributed by atoms with Crippen LogP contribution < -0.4 is 5.73 Å². The van der Waals surface area contributed by atoms with E-state index in [-0.39, 0.29) is 5.60 Å². The van der Waals surface area contributed by atoms with Crippen molar-refractivity contribution in [3.8, 4) is 0 Å². The van der Waals surface area contributed by atoms with Crippen LogP contribution in [0, 0.1) is 0 Å². The molecule has 0 aromatic rings. The molecule has 3 fully saturated rings. The van der Waals surface area contributed by atoms with E-state index in [0.717, 1.165) is 65.0 Å². The topological polar surface area (TPSA) is 57.0 Å². The monoisotopic (exact) mass is 284 g/mol. The highest BCUT2D eigenvalue weighted by molar-refractivity contribution is 4.96. The third kappa shape index (κ3) is 2.88. The summed E-state index contributed by atoms with van der Waals surface area (Å²) < 4.78 is 17.1. The second-order valence-electron chi connectivity index (χ2n) is 6.49. The van der Waals surface area contributed by atoms with Crippen molar-refractivity contribution in [2.75, 3.05) is 40.0 Å². The van der Waals surface area contributed by atoms with Crippen LogP contribution in [0.2, 0.25) is 0 Å².